The number of amides is 2. The van der Waals surface area contributed by atoms with E-state index in [4.69, 9.17) is 9.26 Å². The van der Waals surface area contributed by atoms with Crippen LogP contribution < -0.4 is 15.4 Å². The van der Waals surface area contributed by atoms with Crippen LogP contribution in [0, 0.1) is 6.92 Å². The molecule has 0 spiro atoms. The molecule has 2 aromatic rings. The molecule has 1 aromatic heterocycles. The molecule has 0 unspecified atom stereocenters. The zero-order chi connectivity index (χ0) is 18.9. The van der Waals surface area contributed by atoms with Gasteiger partial charge in [0, 0.05) is 19.0 Å². The summed E-state index contributed by atoms with van der Waals surface area (Å²) in [5, 5.41) is 9.90. The van der Waals surface area contributed by atoms with Crippen LogP contribution >= 0.6 is 0 Å². The minimum absolute atomic E-state index is 0.0223. The zero-order valence-electron chi connectivity index (χ0n) is 15.2. The highest BCUT2D eigenvalue weighted by atomic mass is 16.5. The second kappa shape index (κ2) is 7.02. The van der Waals surface area contributed by atoms with Crippen molar-refractivity contribution in [3.63, 3.8) is 0 Å². The molecule has 8 heteroatoms. The SMILES string of the molecule is Cc1nc(C2(NC(=O)COc3ccc4c(c3)CCC(=O)N4)CCCC2)no1. The Hall–Kier alpha value is -2.90. The quantitative estimate of drug-likeness (QED) is 0.836. The molecule has 2 amide bonds. The van der Waals surface area contributed by atoms with Gasteiger partial charge in [-0.2, -0.15) is 4.98 Å². The number of benzene rings is 1. The predicted octanol–water partition coefficient (Wildman–Crippen LogP) is 2.23. The number of carbonyl (C=O) groups is 2. The van der Waals surface area contributed by atoms with E-state index in [1.54, 1.807) is 19.1 Å². The summed E-state index contributed by atoms with van der Waals surface area (Å²) in [6.07, 6.45) is 4.72. The number of rotatable bonds is 5. The summed E-state index contributed by atoms with van der Waals surface area (Å²) >= 11 is 0. The second-order valence-electron chi connectivity index (χ2n) is 7.13. The van der Waals surface area contributed by atoms with Crippen LogP contribution in [-0.2, 0) is 21.5 Å². The second-order valence-corrected chi connectivity index (χ2v) is 7.13. The summed E-state index contributed by atoms with van der Waals surface area (Å²) in [6.45, 7) is 1.65. The third-order valence-electron chi connectivity index (χ3n) is 5.13. The van der Waals surface area contributed by atoms with Gasteiger partial charge < -0.3 is 19.9 Å². The fourth-order valence-electron chi connectivity index (χ4n) is 3.78. The van der Waals surface area contributed by atoms with Gasteiger partial charge in [0.2, 0.25) is 11.8 Å². The topological polar surface area (TPSA) is 106 Å². The van der Waals surface area contributed by atoms with E-state index >= 15 is 0 Å². The maximum absolute atomic E-state index is 12.5. The molecule has 1 aliphatic heterocycles. The molecule has 0 radical (unpaired) electrons. The van der Waals surface area contributed by atoms with Gasteiger partial charge >= 0.3 is 0 Å². The molecular formula is C19H22N4O4. The molecule has 1 saturated carbocycles. The Bertz CT molecular complexity index is 870. The maximum atomic E-state index is 12.5. The first kappa shape index (κ1) is 17.5. The van der Waals surface area contributed by atoms with Gasteiger partial charge in [-0.15, -0.1) is 0 Å². The molecule has 27 heavy (non-hydrogen) atoms. The highest BCUT2D eigenvalue weighted by Gasteiger charge is 2.41. The maximum Gasteiger partial charge on any atom is 0.258 e. The molecule has 8 nitrogen and oxygen atoms in total. The predicted molar refractivity (Wildman–Crippen MR) is 96.2 cm³/mol. The van der Waals surface area contributed by atoms with Gasteiger partial charge in [-0.25, -0.2) is 0 Å². The Labute approximate surface area is 156 Å². The first-order chi connectivity index (χ1) is 13.0. The van der Waals surface area contributed by atoms with Gasteiger partial charge in [-0.3, -0.25) is 9.59 Å². The average Bonchev–Trinajstić information content (AvgIpc) is 3.30. The number of anilines is 1. The number of hydrogen-bond acceptors (Lipinski definition) is 6. The summed E-state index contributed by atoms with van der Waals surface area (Å²) in [6, 6.07) is 5.43. The lowest BCUT2D eigenvalue weighted by Crippen LogP contribution is -2.46. The molecule has 0 atom stereocenters. The summed E-state index contributed by atoms with van der Waals surface area (Å²) in [7, 11) is 0. The fraction of sp³-hybridized carbons (Fsp3) is 0.474. The lowest BCUT2D eigenvalue weighted by atomic mass is 9.96. The van der Waals surface area contributed by atoms with Gasteiger partial charge in [0.05, 0.1) is 0 Å². The van der Waals surface area contributed by atoms with E-state index < -0.39 is 5.54 Å². The van der Waals surface area contributed by atoms with Crippen LogP contribution in [0.25, 0.3) is 0 Å². The van der Waals surface area contributed by atoms with Crippen LogP contribution in [0.2, 0.25) is 0 Å². The minimum atomic E-state index is -0.571. The number of hydrogen-bond donors (Lipinski definition) is 2. The van der Waals surface area contributed by atoms with Crippen molar-refractivity contribution in [2.45, 2.75) is 51.0 Å². The van der Waals surface area contributed by atoms with Gasteiger partial charge in [-0.05, 0) is 43.0 Å². The van der Waals surface area contributed by atoms with Crippen molar-refractivity contribution in [3.8, 4) is 5.75 Å². The molecule has 142 valence electrons. The van der Waals surface area contributed by atoms with Gasteiger partial charge in [0.15, 0.2) is 12.4 Å². The molecule has 0 bridgehead atoms. The van der Waals surface area contributed by atoms with E-state index in [1.165, 1.54) is 0 Å². The Morgan fingerprint density at radius 2 is 2.15 bits per heavy atom. The van der Waals surface area contributed by atoms with Crippen LogP contribution in [0.3, 0.4) is 0 Å². The van der Waals surface area contributed by atoms with Crippen LogP contribution in [0.4, 0.5) is 5.69 Å². The number of carbonyl (C=O) groups excluding carboxylic acids is 2. The number of nitrogens with one attached hydrogen (secondary N) is 2. The normalized spacial score (nSPS) is 17.9. The molecule has 4 rings (SSSR count). The molecule has 1 aromatic carbocycles. The van der Waals surface area contributed by atoms with Crippen LogP contribution in [0.15, 0.2) is 22.7 Å². The number of fused-ring (bicyclic) bond motifs is 1. The van der Waals surface area contributed by atoms with Crippen molar-refractivity contribution in [2.24, 2.45) is 0 Å². The number of aromatic nitrogens is 2. The van der Waals surface area contributed by atoms with Crippen molar-refractivity contribution >= 4 is 17.5 Å². The summed E-state index contributed by atoms with van der Waals surface area (Å²) < 4.78 is 10.8. The fourth-order valence-corrected chi connectivity index (χ4v) is 3.78. The summed E-state index contributed by atoms with van der Waals surface area (Å²) in [5.74, 6) is 1.44. The first-order valence-electron chi connectivity index (χ1n) is 9.21. The lowest BCUT2D eigenvalue weighted by molar-refractivity contribution is -0.125. The van der Waals surface area contributed by atoms with E-state index in [2.05, 4.69) is 20.8 Å². The minimum Gasteiger partial charge on any atom is -0.484 e. The third kappa shape index (κ3) is 3.65. The number of aryl methyl sites for hydroxylation is 2. The first-order valence-corrected chi connectivity index (χ1v) is 9.21. The molecule has 1 fully saturated rings. The number of nitrogens with zero attached hydrogens (tertiary/aromatic N) is 2. The largest absolute Gasteiger partial charge is 0.484 e. The standard InChI is InChI=1S/C19H22N4O4/c1-12-20-18(23-27-12)19(8-2-3-9-19)22-17(25)11-26-14-5-6-15-13(10-14)4-7-16(24)21-15/h5-6,10H,2-4,7-9,11H2,1H3,(H,21,24)(H,22,25). The van der Waals surface area contributed by atoms with Crippen molar-refractivity contribution in [2.75, 3.05) is 11.9 Å². The van der Waals surface area contributed by atoms with Gasteiger partial charge in [0.25, 0.3) is 5.91 Å². The molecule has 2 N–H and O–H groups in total. The third-order valence-corrected chi connectivity index (χ3v) is 5.13. The lowest BCUT2D eigenvalue weighted by Gasteiger charge is -2.26. The molecule has 2 aliphatic rings. The van der Waals surface area contributed by atoms with E-state index in [9.17, 15) is 9.59 Å². The molecule has 1 aliphatic carbocycles. The smallest absolute Gasteiger partial charge is 0.258 e. The molecular weight excluding hydrogens is 348 g/mol. The van der Waals surface area contributed by atoms with Crippen molar-refractivity contribution in [3.05, 3.63) is 35.5 Å². The highest BCUT2D eigenvalue weighted by Crippen LogP contribution is 2.37. The van der Waals surface area contributed by atoms with Crippen molar-refractivity contribution in [1.82, 2.24) is 15.5 Å². The van der Waals surface area contributed by atoms with E-state index in [-0.39, 0.29) is 18.4 Å². The van der Waals surface area contributed by atoms with Crippen molar-refractivity contribution < 1.29 is 18.8 Å². The average molecular weight is 370 g/mol. The van der Waals surface area contributed by atoms with Crippen LogP contribution in [0.5, 0.6) is 5.75 Å². The Morgan fingerprint density at radius 1 is 1.33 bits per heavy atom. The summed E-state index contributed by atoms with van der Waals surface area (Å²) in [5.41, 5.74) is 1.25. The van der Waals surface area contributed by atoms with Crippen LogP contribution in [-0.4, -0.2) is 28.6 Å². The van der Waals surface area contributed by atoms with Gasteiger partial charge in [-0.1, -0.05) is 18.0 Å². The molecule has 2 heterocycles. The Kier molecular flexibility index (Phi) is 4.55. The van der Waals surface area contributed by atoms with E-state index in [1.807, 2.05) is 6.07 Å². The van der Waals surface area contributed by atoms with Crippen LogP contribution in [0.1, 0.15) is 49.4 Å². The Morgan fingerprint density at radius 3 is 2.89 bits per heavy atom. The number of ether oxygens (including phenoxy) is 1. The Balaban J connectivity index is 1.40. The molecule has 0 saturated heterocycles. The van der Waals surface area contributed by atoms with E-state index in [0.29, 0.717) is 30.3 Å². The van der Waals surface area contributed by atoms with E-state index in [0.717, 1.165) is 36.9 Å². The monoisotopic (exact) mass is 370 g/mol. The zero-order valence-corrected chi connectivity index (χ0v) is 15.2. The highest BCUT2D eigenvalue weighted by molar-refractivity contribution is 5.94. The van der Waals surface area contributed by atoms with Gasteiger partial charge in [0.1, 0.15) is 11.3 Å². The summed E-state index contributed by atoms with van der Waals surface area (Å²) in [4.78, 5) is 28.3. The van der Waals surface area contributed by atoms with Crippen molar-refractivity contribution in [1.29, 1.82) is 0 Å².